The number of hydrogen-bond donors (Lipinski definition) is 0. The molecule has 0 spiro atoms. The quantitative estimate of drug-likeness (QED) is 0.0939. The molecule has 332 valence electrons. The van der Waals surface area contributed by atoms with Crippen LogP contribution in [0.4, 0.5) is 0 Å². The number of ether oxygens (including phenoxy) is 1. The molecule has 0 aromatic heterocycles. The standard InChI is InChI=1S/C58H82O3/c1-31(2)41-25-47(35(9)10)51(48(26-41)36(11)12)29-53(59)45-23-21-43(33(5)6)57(55(45)39(17)18)61-58-44(34(7)8)22-24-46(56(58)40(19)20)54(60)30-52-49(37(13)14)27-42(32(3)4)28-50(52)38(15)16/h21-28,31-40H,29-30H2,1-20H3. The summed E-state index contributed by atoms with van der Waals surface area (Å²) in [5, 5.41) is 0. The topological polar surface area (TPSA) is 43.4 Å². The molecule has 0 atom stereocenters. The zero-order valence-electron chi connectivity index (χ0n) is 42.0. The largest absolute Gasteiger partial charge is 0.456 e. The Balaban J connectivity index is 1.98. The summed E-state index contributed by atoms with van der Waals surface area (Å²) in [6.45, 7) is 44.4. The van der Waals surface area contributed by atoms with Gasteiger partial charge in [-0.3, -0.25) is 9.59 Å². The van der Waals surface area contributed by atoms with E-state index in [-0.39, 0.29) is 58.9 Å². The van der Waals surface area contributed by atoms with Crippen molar-refractivity contribution in [1.82, 2.24) is 0 Å². The third-order valence-corrected chi connectivity index (χ3v) is 12.8. The van der Waals surface area contributed by atoms with Crippen molar-refractivity contribution in [2.75, 3.05) is 0 Å². The van der Waals surface area contributed by atoms with E-state index in [2.05, 4.69) is 187 Å². The highest BCUT2D eigenvalue weighted by atomic mass is 16.5. The summed E-state index contributed by atoms with van der Waals surface area (Å²) in [6.07, 6.45) is 0.680. The Morgan fingerprint density at radius 2 is 0.623 bits per heavy atom. The summed E-state index contributed by atoms with van der Waals surface area (Å²) in [5.74, 6) is 4.05. The van der Waals surface area contributed by atoms with Crippen molar-refractivity contribution in [3.63, 3.8) is 0 Å². The predicted octanol–water partition coefficient (Wildman–Crippen LogP) is 17.6. The van der Waals surface area contributed by atoms with Crippen molar-refractivity contribution in [3.05, 3.63) is 126 Å². The zero-order valence-corrected chi connectivity index (χ0v) is 42.0. The van der Waals surface area contributed by atoms with Crippen LogP contribution in [0.15, 0.2) is 48.5 Å². The van der Waals surface area contributed by atoms with Crippen LogP contribution in [0.3, 0.4) is 0 Å². The van der Waals surface area contributed by atoms with Crippen LogP contribution in [0.2, 0.25) is 0 Å². The molecule has 0 bridgehead atoms. The first-order chi connectivity index (χ1) is 28.4. The molecule has 3 nitrogen and oxygen atoms in total. The number of hydrogen-bond acceptors (Lipinski definition) is 3. The van der Waals surface area contributed by atoms with Gasteiger partial charge in [-0.25, -0.2) is 0 Å². The SMILES string of the molecule is CC(C)c1cc(C(C)C)c(CC(=O)c2ccc(C(C)C)c(Oc3c(C(C)C)ccc(C(=O)Cc4c(C(C)C)cc(C(C)C)cc4C(C)C)c3C(C)C)c2C(C)C)c(C(C)C)c1. The molecular formula is C58H82O3. The summed E-state index contributed by atoms with van der Waals surface area (Å²) in [6, 6.07) is 17.7. The van der Waals surface area contributed by atoms with Gasteiger partial charge in [0.2, 0.25) is 0 Å². The lowest BCUT2D eigenvalue weighted by atomic mass is 9.80. The molecule has 0 saturated heterocycles. The molecular weight excluding hydrogens is 745 g/mol. The first-order valence-electron chi connectivity index (χ1n) is 23.8. The molecule has 0 aliphatic carbocycles. The molecule has 0 N–H and O–H groups in total. The second kappa shape index (κ2) is 20.5. The Labute approximate surface area is 372 Å². The Bertz CT molecular complexity index is 1970. The third-order valence-electron chi connectivity index (χ3n) is 12.8. The van der Waals surface area contributed by atoms with Gasteiger partial charge in [0.25, 0.3) is 0 Å². The van der Waals surface area contributed by atoms with Gasteiger partial charge in [-0.1, -0.05) is 187 Å². The van der Waals surface area contributed by atoms with Crippen LogP contribution in [-0.4, -0.2) is 11.6 Å². The zero-order chi connectivity index (χ0) is 45.9. The molecule has 0 amide bonds. The van der Waals surface area contributed by atoms with Crippen molar-refractivity contribution in [3.8, 4) is 11.5 Å². The van der Waals surface area contributed by atoms with Gasteiger partial charge in [0.1, 0.15) is 11.5 Å². The van der Waals surface area contributed by atoms with Crippen LogP contribution in [0, 0.1) is 0 Å². The number of carbonyl (C=O) groups excluding carboxylic acids is 2. The molecule has 4 aromatic carbocycles. The van der Waals surface area contributed by atoms with Gasteiger partial charge in [-0.05, 0) is 115 Å². The maximum Gasteiger partial charge on any atom is 0.167 e. The van der Waals surface area contributed by atoms with Crippen LogP contribution in [0.1, 0.15) is 285 Å². The molecule has 0 radical (unpaired) electrons. The van der Waals surface area contributed by atoms with Gasteiger partial charge in [0.05, 0.1) is 0 Å². The van der Waals surface area contributed by atoms with Crippen LogP contribution >= 0.6 is 0 Å². The lowest BCUT2D eigenvalue weighted by Crippen LogP contribution is -2.16. The van der Waals surface area contributed by atoms with Gasteiger partial charge < -0.3 is 4.74 Å². The van der Waals surface area contributed by atoms with E-state index < -0.39 is 0 Å². The molecule has 4 rings (SSSR count). The molecule has 0 aliphatic heterocycles. The van der Waals surface area contributed by atoms with Crippen molar-refractivity contribution < 1.29 is 14.3 Å². The predicted molar refractivity (Wildman–Crippen MR) is 263 cm³/mol. The van der Waals surface area contributed by atoms with Crippen molar-refractivity contribution in [2.24, 2.45) is 0 Å². The average molecular weight is 827 g/mol. The highest BCUT2D eigenvalue weighted by Crippen LogP contribution is 2.46. The fourth-order valence-electron chi connectivity index (χ4n) is 9.23. The number of Topliss-reactive ketones (excluding diaryl/α,β-unsaturated/α-hetero) is 2. The highest BCUT2D eigenvalue weighted by Gasteiger charge is 2.30. The first kappa shape index (κ1) is 49.7. The first-order valence-corrected chi connectivity index (χ1v) is 23.8. The molecule has 0 heterocycles. The Kier molecular flexibility index (Phi) is 16.7. The number of benzene rings is 4. The fraction of sp³-hybridized carbons (Fsp3) is 0.552. The van der Waals surface area contributed by atoms with Crippen LogP contribution in [0.5, 0.6) is 11.5 Å². The number of carbonyl (C=O) groups is 2. The minimum Gasteiger partial charge on any atom is -0.456 e. The summed E-state index contributed by atoms with van der Waals surface area (Å²) in [5.41, 5.74) is 15.6. The fourth-order valence-corrected chi connectivity index (χ4v) is 9.23. The summed E-state index contributed by atoms with van der Waals surface area (Å²) < 4.78 is 7.46. The van der Waals surface area contributed by atoms with Crippen LogP contribution in [0.25, 0.3) is 0 Å². The smallest absolute Gasteiger partial charge is 0.167 e. The lowest BCUT2D eigenvalue weighted by Gasteiger charge is -2.28. The molecule has 61 heavy (non-hydrogen) atoms. The third kappa shape index (κ3) is 11.0. The second-order valence-corrected chi connectivity index (χ2v) is 21.1. The average Bonchev–Trinajstić information content (AvgIpc) is 3.16. The monoisotopic (exact) mass is 827 g/mol. The van der Waals surface area contributed by atoms with Crippen molar-refractivity contribution in [2.45, 2.75) is 210 Å². The Morgan fingerprint density at radius 1 is 0.361 bits per heavy atom. The minimum absolute atomic E-state index is 0.0117. The Morgan fingerprint density at radius 3 is 0.836 bits per heavy atom. The maximum absolute atomic E-state index is 15.0. The van der Waals surface area contributed by atoms with Gasteiger partial charge in [0, 0.05) is 35.1 Å². The highest BCUT2D eigenvalue weighted by molar-refractivity contribution is 6.01. The molecule has 4 aromatic rings. The van der Waals surface area contributed by atoms with E-state index in [0.717, 1.165) is 44.9 Å². The van der Waals surface area contributed by atoms with Crippen molar-refractivity contribution >= 4 is 11.6 Å². The van der Waals surface area contributed by atoms with Crippen LogP contribution < -0.4 is 4.74 Å². The van der Waals surface area contributed by atoms with Gasteiger partial charge in [0.15, 0.2) is 11.6 Å². The molecule has 3 heteroatoms. The molecule has 0 unspecified atom stereocenters. The number of ketones is 2. The van der Waals surface area contributed by atoms with E-state index in [4.69, 9.17) is 4.74 Å². The second-order valence-electron chi connectivity index (χ2n) is 21.1. The normalized spacial score (nSPS) is 12.4. The lowest BCUT2D eigenvalue weighted by molar-refractivity contribution is 0.0983. The van der Waals surface area contributed by atoms with E-state index in [9.17, 15) is 9.59 Å². The Hall–Kier alpha value is -3.98. The van der Waals surface area contributed by atoms with Gasteiger partial charge >= 0.3 is 0 Å². The van der Waals surface area contributed by atoms with E-state index in [1.54, 1.807) is 0 Å². The molecule has 0 fully saturated rings. The van der Waals surface area contributed by atoms with E-state index >= 15 is 0 Å². The summed E-state index contributed by atoms with van der Waals surface area (Å²) in [7, 11) is 0. The molecule has 0 aliphatic rings. The molecule has 0 saturated carbocycles. The summed E-state index contributed by atoms with van der Waals surface area (Å²) >= 11 is 0. The van der Waals surface area contributed by atoms with Crippen LogP contribution in [-0.2, 0) is 12.8 Å². The van der Waals surface area contributed by atoms with Crippen molar-refractivity contribution in [1.29, 1.82) is 0 Å². The maximum atomic E-state index is 15.0. The van der Waals surface area contributed by atoms with Gasteiger partial charge in [-0.15, -0.1) is 0 Å². The number of rotatable bonds is 18. The minimum atomic E-state index is 0.0117. The summed E-state index contributed by atoms with van der Waals surface area (Å²) in [4.78, 5) is 29.9. The van der Waals surface area contributed by atoms with E-state index in [1.165, 1.54) is 44.5 Å². The van der Waals surface area contributed by atoms with E-state index in [1.807, 2.05) is 0 Å². The van der Waals surface area contributed by atoms with E-state index in [0.29, 0.717) is 24.7 Å². The van der Waals surface area contributed by atoms with Gasteiger partial charge in [-0.2, -0.15) is 0 Å².